The van der Waals surface area contributed by atoms with Crippen LogP contribution in [0.2, 0.25) is 10.0 Å². The maximum Gasteiger partial charge on any atom is 0.303 e. The number of nitrogens with zero attached hydrogens (tertiary/aromatic N) is 2. The summed E-state index contributed by atoms with van der Waals surface area (Å²) in [6, 6.07) is 18.8. The van der Waals surface area contributed by atoms with E-state index in [1.807, 2.05) is 25.1 Å². The maximum absolute atomic E-state index is 11.3. The van der Waals surface area contributed by atoms with Crippen LogP contribution in [0.15, 0.2) is 54.6 Å². The highest BCUT2D eigenvalue weighted by atomic mass is 35.5. The van der Waals surface area contributed by atoms with Crippen LogP contribution in [0.4, 0.5) is 5.69 Å². The van der Waals surface area contributed by atoms with E-state index in [1.165, 1.54) is 28.8 Å². The Balaban J connectivity index is 1.33. The first kappa shape index (κ1) is 21.6. The van der Waals surface area contributed by atoms with Crippen molar-refractivity contribution in [2.24, 2.45) is 0 Å². The molecule has 0 atom stereocenters. The van der Waals surface area contributed by atoms with Crippen molar-refractivity contribution in [3.8, 4) is 0 Å². The first-order chi connectivity index (χ1) is 15.3. The number of carbonyl (C=O) groups excluding carboxylic acids is 1. The molecule has 166 valence electrons. The van der Waals surface area contributed by atoms with Crippen LogP contribution < -0.4 is 4.90 Å². The molecule has 0 saturated carbocycles. The lowest BCUT2D eigenvalue weighted by Crippen LogP contribution is -2.61. The van der Waals surface area contributed by atoms with E-state index in [2.05, 4.69) is 46.2 Å². The van der Waals surface area contributed by atoms with Gasteiger partial charge in [-0.3, -0.25) is 9.69 Å². The Labute approximate surface area is 198 Å². The highest BCUT2D eigenvalue weighted by molar-refractivity contribution is 6.39. The summed E-state index contributed by atoms with van der Waals surface area (Å²) in [7, 11) is 0. The highest BCUT2D eigenvalue weighted by Crippen LogP contribution is 2.42. The van der Waals surface area contributed by atoms with Crippen LogP contribution in [0.25, 0.3) is 10.8 Å². The molecule has 0 radical (unpaired) electrons. The van der Waals surface area contributed by atoms with E-state index in [1.54, 1.807) is 0 Å². The molecule has 3 aromatic rings. The zero-order valence-corrected chi connectivity index (χ0v) is 19.8. The van der Waals surface area contributed by atoms with Crippen LogP contribution >= 0.6 is 23.2 Å². The molecule has 2 aliphatic heterocycles. The third-order valence-corrected chi connectivity index (χ3v) is 7.13. The fraction of sp³-hybridized carbons (Fsp3) is 0.346. The minimum absolute atomic E-state index is 0.213. The molecule has 4 nitrogen and oxygen atoms in total. The van der Waals surface area contributed by atoms with E-state index >= 15 is 0 Å². The zero-order valence-electron chi connectivity index (χ0n) is 18.3. The molecular formula is C26H26Cl2N2O2. The third-order valence-electron chi connectivity index (χ3n) is 6.52. The van der Waals surface area contributed by atoms with Crippen LogP contribution in [0.1, 0.15) is 30.9 Å². The SMILES string of the molecule is CC(=O)OC1(C)CN(Cc2ccc(C3CN(c4c(Cl)cccc4Cl)C3)c3ccccc23)C1. The molecule has 5 rings (SSSR count). The standard InChI is InChI=1S/C26H26Cl2N2O2/c1-17(31)32-26(2)15-29(16-26)12-18-10-11-21(22-7-4-3-6-20(18)22)19-13-30(14-19)25-23(27)8-5-9-24(25)28/h3-11,19H,12-16H2,1-2H3. The Bertz CT molecular complexity index is 1160. The number of benzene rings is 3. The molecule has 0 spiro atoms. The fourth-order valence-corrected chi connectivity index (χ4v) is 5.83. The van der Waals surface area contributed by atoms with Crippen LogP contribution in [0.3, 0.4) is 0 Å². The van der Waals surface area contributed by atoms with E-state index in [9.17, 15) is 4.79 Å². The second kappa shape index (κ2) is 8.26. The van der Waals surface area contributed by atoms with Gasteiger partial charge in [0, 0.05) is 45.6 Å². The number of halogens is 2. The molecule has 3 aromatic carbocycles. The number of anilines is 1. The van der Waals surface area contributed by atoms with E-state index in [0.29, 0.717) is 16.0 Å². The van der Waals surface area contributed by atoms with Gasteiger partial charge >= 0.3 is 5.97 Å². The lowest BCUT2D eigenvalue weighted by molar-refractivity contribution is -0.174. The summed E-state index contributed by atoms with van der Waals surface area (Å²) >= 11 is 12.8. The molecule has 32 heavy (non-hydrogen) atoms. The highest BCUT2D eigenvalue weighted by Gasteiger charge is 2.41. The first-order valence-electron chi connectivity index (χ1n) is 10.9. The third kappa shape index (κ3) is 3.96. The second-order valence-electron chi connectivity index (χ2n) is 9.22. The van der Waals surface area contributed by atoms with Crippen molar-refractivity contribution in [3.05, 3.63) is 75.8 Å². The van der Waals surface area contributed by atoms with Crippen LogP contribution in [0, 0.1) is 0 Å². The molecule has 0 amide bonds. The molecule has 0 aliphatic carbocycles. The van der Waals surface area contributed by atoms with Gasteiger partial charge in [0.15, 0.2) is 0 Å². The molecule has 2 saturated heterocycles. The van der Waals surface area contributed by atoms with Crippen molar-refractivity contribution in [1.29, 1.82) is 0 Å². The number of rotatable bonds is 5. The largest absolute Gasteiger partial charge is 0.457 e. The lowest BCUT2D eigenvalue weighted by Gasteiger charge is -2.47. The second-order valence-corrected chi connectivity index (χ2v) is 10.0. The normalized spacial score (nSPS) is 18.3. The predicted octanol–water partition coefficient (Wildman–Crippen LogP) is 5.89. The summed E-state index contributed by atoms with van der Waals surface area (Å²) in [5.74, 6) is 0.229. The number of esters is 1. The summed E-state index contributed by atoms with van der Waals surface area (Å²) in [6.07, 6.45) is 0. The number of fused-ring (bicyclic) bond motifs is 1. The first-order valence-corrected chi connectivity index (χ1v) is 11.7. The summed E-state index contributed by atoms with van der Waals surface area (Å²) in [6.45, 7) is 7.65. The Kier molecular flexibility index (Phi) is 5.56. The zero-order chi connectivity index (χ0) is 22.5. The van der Waals surface area contributed by atoms with Crippen molar-refractivity contribution in [3.63, 3.8) is 0 Å². The Morgan fingerprint density at radius 2 is 1.66 bits per heavy atom. The van der Waals surface area contributed by atoms with Gasteiger partial charge in [0.05, 0.1) is 15.7 Å². The lowest BCUT2D eigenvalue weighted by atomic mass is 9.85. The van der Waals surface area contributed by atoms with Gasteiger partial charge < -0.3 is 9.64 Å². The Morgan fingerprint density at radius 3 is 2.31 bits per heavy atom. The molecule has 0 N–H and O–H groups in total. The molecular weight excluding hydrogens is 443 g/mol. The van der Waals surface area contributed by atoms with Gasteiger partial charge in [-0.05, 0) is 41.0 Å². The summed E-state index contributed by atoms with van der Waals surface area (Å²) in [5, 5.41) is 4.00. The number of hydrogen-bond donors (Lipinski definition) is 0. The number of hydrogen-bond acceptors (Lipinski definition) is 4. The Hall–Kier alpha value is -2.27. The Morgan fingerprint density at radius 1 is 1.00 bits per heavy atom. The van der Waals surface area contributed by atoms with Crippen molar-refractivity contribution >= 4 is 45.6 Å². The predicted molar refractivity (Wildman–Crippen MR) is 131 cm³/mol. The van der Waals surface area contributed by atoms with Gasteiger partial charge in [0.1, 0.15) is 5.60 Å². The molecule has 2 fully saturated rings. The average Bonchev–Trinajstić information content (AvgIpc) is 2.68. The van der Waals surface area contributed by atoms with E-state index in [0.717, 1.165) is 38.4 Å². The molecule has 2 heterocycles. The minimum Gasteiger partial charge on any atom is -0.457 e. The number of likely N-dealkylation sites (tertiary alicyclic amines) is 1. The maximum atomic E-state index is 11.3. The fourth-order valence-electron chi connectivity index (χ4n) is 5.19. The topological polar surface area (TPSA) is 32.8 Å². The van der Waals surface area contributed by atoms with Crippen molar-refractivity contribution < 1.29 is 9.53 Å². The number of carbonyl (C=O) groups is 1. The molecule has 2 aliphatic rings. The summed E-state index contributed by atoms with van der Waals surface area (Å²) in [4.78, 5) is 15.9. The molecule has 0 aromatic heterocycles. The van der Waals surface area contributed by atoms with E-state index in [-0.39, 0.29) is 11.6 Å². The molecule has 0 unspecified atom stereocenters. The quantitative estimate of drug-likeness (QED) is 0.437. The van der Waals surface area contributed by atoms with Gasteiger partial charge in [-0.25, -0.2) is 0 Å². The molecule has 6 heteroatoms. The van der Waals surface area contributed by atoms with Crippen molar-refractivity contribution in [2.45, 2.75) is 31.9 Å². The minimum atomic E-state index is -0.364. The number of para-hydroxylation sites is 1. The van der Waals surface area contributed by atoms with Crippen molar-refractivity contribution in [1.82, 2.24) is 4.90 Å². The van der Waals surface area contributed by atoms with Crippen LogP contribution in [0.5, 0.6) is 0 Å². The van der Waals surface area contributed by atoms with Crippen LogP contribution in [-0.4, -0.2) is 42.6 Å². The molecule has 0 bridgehead atoms. The monoisotopic (exact) mass is 468 g/mol. The number of ether oxygens (including phenoxy) is 1. The van der Waals surface area contributed by atoms with E-state index < -0.39 is 0 Å². The van der Waals surface area contributed by atoms with Crippen LogP contribution in [-0.2, 0) is 16.1 Å². The van der Waals surface area contributed by atoms with Gasteiger partial charge in [0.2, 0.25) is 0 Å². The van der Waals surface area contributed by atoms with Gasteiger partial charge in [-0.15, -0.1) is 0 Å². The average molecular weight is 469 g/mol. The van der Waals surface area contributed by atoms with Gasteiger partial charge in [0.25, 0.3) is 0 Å². The summed E-state index contributed by atoms with van der Waals surface area (Å²) < 4.78 is 5.46. The van der Waals surface area contributed by atoms with Crippen molar-refractivity contribution in [2.75, 3.05) is 31.1 Å². The van der Waals surface area contributed by atoms with Gasteiger partial charge in [-0.2, -0.15) is 0 Å². The van der Waals surface area contributed by atoms with E-state index in [4.69, 9.17) is 27.9 Å². The summed E-state index contributed by atoms with van der Waals surface area (Å²) in [5.41, 5.74) is 3.25. The van der Waals surface area contributed by atoms with Gasteiger partial charge in [-0.1, -0.05) is 65.7 Å². The smallest absolute Gasteiger partial charge is 0.303 e.